The maximum Gasteiger partial charge on any atom is 0.161 e. The van der Waals surface area contributed by atoms with E-state index in [9.17, 15) is 4.79 Å². The molecule has 1 aliphatic rings. The van der Waals surface area contributed by atoms with E-state index in [4.69, 9.17) is 9.47 Å². The predicted molar refractivity (Wildman–Crippen MR) is 128 cm³/mol. The summed E-state index contributed by atoms with van der Waals surface area (Å²) in [5, 5.41) is 0. The molecular formula is C25H33ClN2O3. The highest BCUT2D eigenvalue weighted by atomic mass is 35.5. The quantitative estimate of drug-likeness (QED) is 0.511. The Morgan fingerprint density at radius 3 is 2.39 bits per heavy atom. The van der Waals surface area contributed by atoms with E-state index in [0.29, 0.717) is 18.8 Å². The maximum atomic E-state index is 12.3. The molecule has 31 heavy (non-hydrogen) atoms. The summed E-state index contributed by atoms with van der Waals surface area (Å²) in [5.41, 5.74) is 2.29. The normalized spacial score (nSPS) is 14.9. The van der Waals surface area contributed by atoms with Gasteiger partial charge < -0.3 is 14.4 Å². The van der Waals surface area contributed by atoms with Crippen LogP contribution < -0.4 is 9.47 Å². The van der Waals surface area contributed by atoms with Crippen LogP contribution in [0.3, 0.4) is 0 Å². The van der Waals surface area contributed by atoms with E-state index in [1.165, 1.54) is 5.56 Å². The van der Waals surface area contributed by atoms with Crippen LogP contribution in [0.25, 0.3) is 6.08 Å². The monoisotopic (exact) mass is 444 g/mol. The lowest BCUT2D eigenvalue weighted by Gasteiger charge is -2.34. The van der Waals surface area contributed by atoms with Gasteiger partial charge in [-0.15, -0.1) is 12.4 Å². The minimum absolute atomic E-state index is 0. The highest BCUT2D eigenvalue weighted by Gasteiger charge is 2.17. The van der Waals surface area contributed by atoms with E-state index in [1.54, 1.807) is 13.2 Å². The van der Waals surface area contributed by atoms with Gasteiger partial charge in [0.2, 0.25) is 0 Å². The van der Waals surface area contributed by atoms with Crippen LogP contribution in [0.1, 0.15) is 24.5 Å². The molecule has 1 fully saturated rings. The predicted octanol–water partition coefficient (Wildman–Crippen LogP) is 4.31. The molecule has 0 bridgehead atoms. The van der Waals surface area contributed by atoms with Gasteiger partial charge in [0.05, 0.1) is 13.7 Å². The molecule has 3 rings (SSSR count). The Labute approximate surface area is 192 Å². The number of hydrogen-bond donors (Lipinski definition) is 0. The summed E-state index contributed by atoms with van der Waals surface area (Å²) in [5.74, 6) is 1.55. The fourth-order valence-electron chi connectivity index (χ4n) is 3.62. The minimum Gasteiger partial charge on any atom is -0.493 e. The first-order valence-electron chi connectivity index (χ1n) is 10.7. The van der Waals surface area contributed by atoms with E-state index in [-0.39, 0.29) is 18.2 Å². The van der Waals surface area contributed by atoms with Crippen molar-refractivity contribution in [1.29, 1.82) is 0 Å². The first kappa shape index (κ1) is 24.9. The molecule has 168 valence electrons. The van der Waals surface area contributed by atoms with Crippen LogP contribution in [0.15, 0.2) is 54.6 Å². The number of ether oxygens (including phenoxy) is 2. The number of allylic oxidation sites excluding steroid dienone is 1. The lowest BCUT2D eigenvalue weighted by atomic mass is 10.1. The molecule has 0 atom stereocenters. The average Bonchev–Trinajstić information content (AvgIpc) is 2.78. The first-order valence-corrected chi connectivity index (χ1v) is 10.7. The summed E-state index contributed by atoms with van der Waals surface area (Å²) in [6.07, 6.45) is 4.06. The highest BCUT2D eigenvalue weighted by Crippen LogP contribution is 2.28. The van der Waals surface area contributed by atoms with Crippen LogP contribution in [0.4, 0.5) is 0 Å². The zero-order chi connectivity index (χ0) is 21.2. The van der Waals surface area contributed by atoms with Gasteiger partial charge in [-0.2, -0.15) is 0 Å². The number of ketones is 1. The molecule has 6 heteroatoms. The second kappa shape index (κ2) is 13.2. The zero-order valence-corrected chi connectivity index (χ0v) is 19.3. The van der Waals surface area contributed by atoms with Crippen molar-refractivity contribution in [2.45, 2.75) is 19.9 Å². The number of methoxy groups -OCH3 is 1. The number of piperazine rings is 1. The SMILES string of the molecule is CCOc1ccc(C=CC(=O)CCN2CCN(Cc3ccccc3)CC2)cc1OC.Cl. The number of halogens is 1. The van der Waals surface area contributed by atoms with Gasteiger partial charge in [-0.1, -0.05) is 42.5 Å². The Morgan fingerprint density at radius 1 is 1.00 bits per heavy atom. The van der Waals surface area contributed by atoms with Crippen molar-refractivity contribution in [3.8, 4) is 11.5 Å². The number of carbonyl (C=O) groups excluding carboxylic acids is 1. The van der Waals surface area contributed by atoms with Gasteiger partial charge in [-0.3, -0.25) is 9.69 Å². The van der Waals surface area contributed by atoms with Crippen LogP contribution >= 0.6 is 12.4 Å². The molecule has 5 nitrogen and oxygen atoms in total. The molecule has 2 aromatic carbocycles. The molecular weight excluding hydrogens is 412 g/mol. The van der Waals surface area contributed by atoms with Gasteiger partial charge in [0, 0.05) is 45.7 Å². The van der Waals surface area contributed by atoms with Crippen molar-refractivity contribution < 1.29 is 14.3 Å². The molecule has 0 aliphatic carbocycles. The third-order valence-corrected chi connectivity index (χ3v) is 5.34. The van der Waals surface area contributed by atoms with Crippen LogP contribution in [0, 0.1) is 0 Å². The topological polar surface area (TPSA) is 42.0 Å². The van der Waals surface area contributed by atoms with Crippen LogP contribution in [0.2, 0.25) is 0 Å². The molecule has 0 spiro atoms. The third kappa shape index (κ3) is 8.02. The summed E-state index contributed by atoms with van der Waals surface area (Å²) < 4.78 is 10.9. The van der Waals surface area contributed by atoms with Gasteiger partial charge in [0.15, 0.2) is 17.3 Å². The number of rotatable bonds is 10. The molecule has 0 amide bonds. The molecule has 0 radical (unpaired) electrons. The van der Waals surface area contributed by atoms with Gasteiger partial charge >= 0.3 is 0 Å². The summed E-state index contributed by atoms with van der Waals surface area (Å²) in [4.78, 5) is 17.2. The van der Waals surface area contributed by atoms with E-state index < -0.39 is 0 Å². The van der Waals surface area contributed by atoms with Crippen LogP contribution in [-0.2, 0) is 11.3 Å². The smallest absolute Gasteiger partial charge is 0.161 e. The molecule has 0 saturated carbocycles. The maximum absolute atomic E-state index is 12.3. The minimum atomic E-state index is 0. The third-order valence-electron chi connectivity index (χ3n) is 5.34. The van der Waals surface area contributed by atoms with E-state index in [0.717, 1.165) is 50.6 Å². The molecule has 1 aliphatic heterocycles. The Balaban J connectivity index is 0.00000341. The lowest BCUT2D eigenvalue weighted by Crippen LogP contribution is -2.46. The summed E-state index contributed by atoms with van der Waals surface area (Å²) in [6, 6.07) is 16.3. The van der Waals surface area contributed by atoms with Crippen molar-refractivity contribution in [3.05, 3.63) is 65.7 Å². The number of nitrogens with zero attached hydrogens (tertiary/aromatic N) is 2. The Kier molecular flexibility index (Phi) is 10.6. The van der Waals surface area contributed by atoms with Crippen molar-refractivity contribution >= 4 is 24.3 Å². The Bertz CT molecular complexity index is 834. The van der Waals surface area contributed by atoms with Crippen LogP contribution in [0.5, 0.6) is 11.5 Å². The summed E-state index contributed by atoms with van der Waals surface area (Å²) in [6.45, 7) is 8.46. The molecule has 2 aromatic rings. The number of carbonyl (C=O) groups is 1. The number of benzene rings is 2. The second-order valence-electron chi connectivity index (χ2n) is 7.50. The van der Waals surface area contributed by atoms with Crippen molar-refractivity contribution in [1.82, 2.24) is 9.80 Å². The zero-order valence-electron chi connectivity index (χ0n) is 18.5. The van der Waals surface area contributed by atoms with Crippen molar-refractivity contribution in [2.75, 3.05) is 46.4 Å². The molecule has 1 saturated heterocycles. The number of hydrogen-bond acceptors (Lipinski definition) is 5. The molecule has 1 heterocycles. The average molecular weight is 445 g/mol. The fourth-order valence-corrected chi connectivity index (χ4v) is 3.62. The van der Waals surface area contributed by atoms with Crippen molar-refractivity contribution in [3.63, 3.8) is 0 Å². The fraction of sp³-hybridized carbons (Fsp3) is 0.400. The molecule has 0 unspecified atom stereocenters. The standard InChI is InChI=1S/C25H32N2O3.ClH/c1-3-30-24-12-10-21(19-25(24)29-2)9-11-23(28)13-14-26-15-17-27(18-16-26)20-22-7-5-4-6-8-22;/h4-12,19H,3,13-18,20H2,1-2H3;1H. The largest absolute Gasteiger partial charge is 0.493 e. The molecule has 0 aromatic heterocycles. The van der Waals surface area contributed by atoms with Gasteiger partial charge in [0.1, 0.15) is 0 Å². The van der Waals surface area contributed by atoms with Gasteiger partial charge in [-0.05, 0) is 36.3 Å². The van der Waals surface area contributed by atoms with E-state index in [1.807, 2.05) is 31.2 Å². The molecule has 0 N–H and O–H groups in total. The highest BCUT2D eigenvalue weighted by molar-refractivity contribution is 5.93. The van der Waals surface area contributed by atoms with Crippen LogP contribution in [-0.4, -0.2) is 62.0 Å². The van der Waals surface area contributed by atoms with Crippen molar-refractivity contribution in [2.24, 2.45) is 0 Å². The Morgan fingerprint density at radius 2 is 1.71 bits per heavy atom. The second-order valence-corrected chi connectivity index (χ2v) is 7.50. The lowest BCUT2D eigenvalue weighted by molar-refractivity contribution is -0.114. The van der Waals surface area contributed by atoms with Gasteiger partial charge in [-0.25, -0.2) is 0 Å². The summed E-state index contributed by atoms with van der Waals surface area (Å²) >= 11 is 0. The van der Waals surface area contributed by atoms with Gasteiger partial charge in [0.25, 0.3) is 0 Å². The first-order chi connectivity index (χ1) is 14.7. The Hall–Kier alpha value is -2.34. The van der Waals surface area contributed by atoms with E-state index >= 15 is 0 Å². The summed E-state index contributed by atoms with van der Waals surface area (Å²) in [7, 11) is 1.62. The van der Waals surface area contributed by atoms with E-state index in [2.05, 4.69) is 40.1 Å².